The summed E-state index contributed by atoms with van der Waals surface area (Å²) in [6.07, 6.45) is 9.87. The van der Waals surface area contributed by atoms with Crippen molar-refractivity contribution in [2.75, 3.05) is 6.61 Å². The standard InChI is InChI=1S/C16H30O/c1-14(2,3)9-7-8-10-16(11-12-16)13-17-15(4,5)6/h7,9H,8,10-13H2,1-6H3. The van der Waals surface area contributed by atoms with Crippen LogP contribution in [0.5, 0.6) is 0 Å². The van der Waals surface area contributed by atoms with E-state index in [-0.39, 0.29) is 5.60 Å². The third kappa shape index (κ3) is 6.88. The molecule has 0 aromatic heterocycles. The van der Waals surface area contributed by atoms with Gasteiger partial charge in [0.15, 0.2) is 0 Å². The highest BCUT2D eigenvalue weighted by molar-refractivity contribution is 4.98. The number of hydrogen-bond donors (Lipinski definition) is 0. The Morgan fingerprint density at radius 3 is 2.06 bits per heavy atom. The maximum Gasteiger partial charge on any atom is 0.0598 e. The second-order valence-corrected chi connectivity index (χ2v) is 7.71. The smallest absolute Gasteiger partial charge is 0.0598 e. The van der Waals surface area contributed by atoms with E-state index < -0.39 is 0 Å². The van der Waals surface area contributed by atoms with Gasteiger partial charge in [0.05, 0.1) is 12.2 Å². The Labute approximate surface area is 108 Å². The Bertz CT molecular complexity index is 258. The van der Waals surface area contributed by atoms with Gasteiger partial charge in [-0.1, -0.05) is 32.9 Å². The summed E-state index contributed by atoms with van der Waals surface area (Å²) in [5, 5.41) is 0. The Morgan fingerprint density at radius 2 is 1.65 bits per heavy atom. The van der Waals surface area contributed by atoms with Crippen LogP contribution in [-0.4, -0.2) is 12.2 Å². The lowest BCUT2D eigenvalue weighted by atomic mass is 9.94. The molecule has 0 N–H and O–H groups in total. The predicted molar refractivity (Wildman–Crippen MR) is 75.2 cm³/mol. The highest BCUT2D eigenvalue weighted by atomic mass is 16.5. The van der Waals surface area contributed by atoms with Gasteiger partial charge in [0, 0.05) is 0 Å². The Balaban J connectivity index is 2.25. The normalized spacial score (nSPS) is 19.9. The van der Waals surface area contributed by atoms with Crippen LogP contribution in [0.3, 0.4) is 0 Å². The van der Waals surface area contributed by atoms with Gasteiger partial charge >= 0.3 is 0 Å². The Morgan fingerprint density at radius 1 is 1.06 bits per heavy atom. The minimum Gasteiger partial charge on any atom is -0.375 e. The first-order valence-corrected chi connectivity index (χ1v) is 6.94. The molecule has 0 atom stereocenters. The molecule has 0 bridgehead atoms. The minimum absolute atomic E-state index is 0.0108. The van der Waals surface area contributed by atoms with E-state index in [9.17, 15) is 0 Å². The van der Waals surface area contributed by atoms with Crippen LogP contribution in [0.25, 0.3) is 0 Å². The lowest BCUT2D eigenvalue weighted by Gasteiger charge is -2.24. The Kier molecular flexibility index (Phi) is 4.46. The van der Waals surface area contributed by atoms with Crippen molar-refractivity contribution in [1.82, 2.24) is 0 Å². The third-order valence-corrected chi connectivity index (χ3v) is 3.23. The quantitative estimate of drug-likeness (QED) is 0.615. The Hall–Kier alpha value is -0.300. The van der Waals surface area contributed by atoms with Crippen molar-refractivity contribution in [3.8, 4) is 0 Å². The van der Waals surface area contributed by atoms with Gasteiger partial charge in [-0.3, -0.25) is 0 Å². The van der Waals surface area contributed by atoms with Crippen molar-refractivity contribution in [1.29, 1.82) is 0 Å². The lowest BCUT2D eigenvalue weighted by Crippen LogP contribution is -2.24. The van der Waals surface area contributed by atoms with E-state index in [4.69, 9.17) is 4.74 Å². The van der Waals surface area contributed by atoms with E-state index >= 15 is 0 Å². The molecule has 0 radical (unpaired) electrons. The van der Waals surface area contributed by atoms with Crippen LogP contribution < -0.4 is 0 Å². The van der Waals surface area contributed by atoms with Crippen molar-refractivity contribution in [3.05, 3.63) is 12.2 Å². The molecule has 1 aliphatic carbocycles. The maximum atomic E-state index is 5.93. The van der Waals surface area contributed by atoms with E-state index in [0.29, 0.717) is 10.8 Å². The summed E-state index contributed by atoms with van der Waals surface area (Å²) < 4.78 is 5.93. The molecule has 1 aliphatic rings. The summed E-state index contributed by atoms with van der Waals surface area (Å²) in [5.74, 6) is 0. The van der Waals surface area contributed by atoms with Crippen LogP contribution in [0, 0.1) is 10.8 Å². The minimum atomic E-state index is 0.0108. The van der Waals surface area contributed by atoms with Crippen molar-refractivity contribution < 1.29 is 4.74 Å². The van der Waals surface area contributed by atoms with Gasteiger partial charge in [-0.15, -0.1) is 0 Å². The fourth-order valence-corrected chi connectivity index (χ4v) is 1.84. The summed E-state index contributed by atoms with van der Waals surface area (Å²) >= 11 is 0. The number of allylic oxidation sites excluding steroid dienone is 2. The molecule has 1 heteroatoms. The molecule has 0 saturated heterocycles. The van der Waals surface area contributed by atoms with E-state index in [1.165, 1.54) is 25.7 Å². The summed E-state index contributed by atoms with van der Waals surface area (Å²) in [6.45, 7) is 14.1. The monoisotopic (exact) mass is 238 g/mol. The molecule has 100 valence electrons. The zero-order valence-corrected chi connectivity index (χ0v) is 12.6. The van der Waals surface area contributed by atoms with Gasteiger partial charge in [0.2, 0.25) is 0 Å². The lowest BCUT2D eigenvalue weighted by molar-refractivity contribution is -0.0292. The molecule has 0 unspecified atom stereocenters. The zero-order valence-electron chi connectivity index (χ0n) is 12.6. The first-order chi connectivity index (χ1) is 7.62. The number of rotatable bonds is 5. The van der Waals surface area contributed by atoms with E-state index in [1.807, 2.05) is 0 Å². The van der Waals surface area contributed by atoms with Crippen molar-refractivity contribution >= 4 is 0 Å². The van der Waals surface area contributed by atoms with Gasteiger partial charge in [-0.25, -0.2) is 0 Å². The molecule has 17 heavy (non-hydrogen) atoms. The van der Waals surface area contributed by atoms with Gasteiger partial charge < -0.3 is 4.74 Å². The number of hydrogen-bond acceptors (Lipinski definition) is 1. The zero-order chi connectivity index (χ0) is 13.2. The second-order valence-electron chi connectivity index (χ2n) is 7.71. The van der Waals surface area contributed by atoms with Crippen LogP contribution >= 0.6 is 0 Å². The van der Waals surface area contributed by atoms with Crippen LogP contribution in [0.1, 0.15) is 67.2 Å². The molecule has 1 saturated carbocycles. The maximum absolute atomic E-state index is 5.93. The van der Waals surface area contributed by atoms with Crippen LogP contribution in [0.2, 0.25) is 0 Å². The molecule has 1 fully saturated rings. The largest absolute Gasteiger partial charge is 0.375 e. The van der Waals surface area contributed by atoms with Crippen LogP contribution in [0.4, 0.5) is 0 Å². The molecule has 0 aromatic rings. The topological polar surface area (TPSA) is 9.23 Å². The molecule has 1 rings (SSSR count). The van der Waals surface area contributed by atoms with Crippen molar-refractivity contribution in [2.45, 2.75) is 72.8 Å². The highest BCUT2D eigenvalue weighted by Crippen LogP contribution is 2.50. The van der Waals surface area contributed by atoms with Crippen molar-refractivity contribution in [3.63, 3.8) is 0 Å². The third-order valence-electron chi connectivity index (χ3n) is 3.23. The predicted octanol–water partition coefficient (Wildman–Crippen LogP) is 4.96. The number of ether oxygens (including phenoxy) is 1. The second kappa shape index (κ2) is 5.14. The average molecular weight is 238 g/mol. The summed E-state index contributed by atoms with van der Waals surface area (Å²) in [4.78, 5) is 0. The van der Waals surface area contributed by atoms with E-state index in [0.717, 1.165) is 6.61 Å². The van der Waals surface area contributed by atoms with Gasteiger partial charge in [0.25, 0.3) is 0 Å². The molecule has 1 nitrogen and oxygen atoms in total. The van der Waals surface area contributed by atoms with Gasteiger partial charge in [-0.2, -0.15) is 0 Å². The first-order valence-electron chi connectivity index (χ1n) is 6.94. The average Bonchev–Trinajstić information content (AvgIpc) is 2.88. The summed E-state index contributed by atoms with van der Waals surface area (Å²) in [5.41, 5.74) is 0.838. The summed E-state index contributed by atoms with van der Waals surface area (Å²) in [6, 6.07) is 0. The molecule has 0 amide bonds. The van der Waals surface area contributed by atoms with Crippen molar-refractivity contribution in [2.24, 2.45) is 10.8 Å². The van der Waals surface area contributed by atoms with E-state index in [1.54, 1.807) is 0 Å². The molecule has 0 heterocycles. The molecular formula is C16H30O. The first kappa shape index (κ1) is 14.8. The van der Waals surface area contributed by atoms with Crippen LogP contribution in [0.15, 0.2) is 12.2 Å². The fourth-order valence-electron chi connectivity index (χ4n) is 1.84. The van der Waals surface area contributed by atoms with Gasteiger partial charge in [-0.05, 0) is 57.3 Å². The molecular weight excluding hydrogens is 208 g/mol. The highest BCUT2D eigenvalue weighted by Gasteiger charge is 2.42. The molecule has 0 aromatic carbocycles. The summed E-state index contributed by atoms with van der Waals surface area (Å²) in [7, 11) is 0. The molecule has 0 aliphatic heterocycles. The van der Waals surface area contributed by atoms with E-state index in [2.05, 4.69) is 53.7 Å². The van der Waals surface area contributed by atoms with Crippen LogP contribution in [-0.2, 0) is 4.74 Å². The fraction of sp³-hybridized carbons (Fsp3) is 0.875. The van der Waals surface area contributed by atoms with Gasteiger partial charge in [0.1, 0.15) is 0 Å². The SMILES string of the molecule is CC(C)(C)C=CCCC1(COC(C)(C)C)CC1. The molecule has 0 spiro atoms.